The molecule has 4 aromatic rings. The van der Waals surface area contributed by atoms with Gasteiger partial charge in [-0.2, -0.15) is 18.5 Å². The Hall–Kier alpha value is -5.23. The molecular formula is C34H27Cl4N7O8S. The number of carbonyl (C=O) groups excluding carboxylic acids is 4. The van der Waals surface area contributed by atoms with Crippen LogP contribution in [0.1, 0.15) is 26.7 Å². The van der Waals surface area contributed by atoms with Gasteiger partial charge in [-0.05, 0) is 60.7 Å². The van der Waals surface area contributed by atoms with Crippen molar-refractivity contribution >= 4 is 115 Å². The zero-order chi connectivity index (χ0) is 39.3. The number of carbonyl (C=O) groups is 4. The zero-order valence-corrected chi connectivity index (χ0v) is 31.8. The summed E-state index contributed by atoms with van der Waals surface area (Å²) in [5.74, 6) is -0.597. The molecule has 0 atom stereocenters. The van der Waals surface area contributed by atoms with E-state index in [9.17, 15) is 32.1 Å². The number of hydrogen-bond donors (Lipinski definition) is 4. The number of halogens is 4. The second-order valence-corrected chi connectivity index (χ2v) is 14.3. The molecule has 0 saturated carbocycles. The van der Waals surface area contributed by atoms with Crippen LogP contribution in [0, 0.1) is 0 Å². The molecule has 2 heterocycles. The van der Waals surface area contributed by atoms with E-state index in [4.69, 9.17) is 51.1 Å². The molecule has 20 heteroatoms. The SMILES string of the molecule is CC(=O)NC1=NN(c2ccc(Oc3ccccc3)c(S(=O)(=O)O)c2)C(=O)C1.CC(=O)Nc1ccc(Cl)c(N=C2CC(=O)N(c3c(Cl)cc(Cl)cc3Cl)N2)c1. The van der Waals surface area contributed by atoms with Gasteiger partial charge in [0.05, 0.1) is 39.3 Å². The molecule has 0 spiro atoms. The van der Waals surface area contributed by atoms with Crippen molar-refractivity contribution in [3.8, 4) is 11.5 Å². The van der Waals surface area contributed by atoms with Crippen molar-refractivity contribution in [1.29, 1.82) is 0 Å². The molecule has 0 bridgehead atoms. The number of para-hydroxylation sites is 1. The van der Waals surface area contributed by atoms with Gasteiger partial charge in [-0.25, -0.2) is 10.0 Å². The molecule has 0 unspecified atom stereocenters. The average molecular weight is 836 g/mol. The summed E-state index contributed by atoms with van der Waals surface area (Å²) < 4.78 is 38.6. The lowest BCUT2D eigenvalue weighted by atomic mass is 10.2. The number of hydrogen-bond acceptors (Lipinski definition) is 9. The van der Waals surface area contributed by atoms with Crippen molar-refractivity contribution < 1.29 is 36.9 Å². The number of amides is 4. The molecule has 2 aliphatic rings. The van der Waals surface area contributed by atoms with Crippen LogP contribution in [0.25, 0.3) is 0 Å². The minimum atomic E-state index is -4.64. The lowest BCUT2D eigenvalue weighted by Gasteiger charge is -2.19. The fraction of sp³-hybridized carbons (Fsp3) is 0.118. The first-order valence-corrected chi connectivity index (χ1v) is 18.3. The predicted molar refractivity (Wildman–Crippen MR) is 206 cm³/mol. The summed E-state index contributed by atoms with van der Waals surface area (Å²) >= 11 is 24.4. The van der Waals surface area contributed by atoms with Crippen LogP contribution in [-0.4, -0.2) is 48.3 Å². The molecule has 2 aliphatic heterocycles. The fourth-order valence-electron chi connectivity index (χ4n) is 4.91. The van der Waals surface area contributed by atoms with Gasteiger partial charge in [-0.1, -0.05) is 64.6 Å². The Morgan fingerprint density at radius 1 is 0.852 bits per heavy atom. The summed E-state index contributed by atoms with van der Waals surface area (Å²) in [6.07, 6.45) is -0.140. The second kappa shape index (κ2) is 16.8. The predicted octanol–water partition coefficient (Wildman–Crippen LogP) is 7.14. The van der Waals surface area contributed by atoms with Gasteiger partial charge in [0.15, 0.2) is 0 Å². The van der Waals surface area contributed by atoms with Crippen LogP contribution < -0.4 is 30.8 Å². The van der Waals surface area contributed by atoms with E-state index in [-0.39, 0.29) is 63.6 Å². The summed E-state index contributed by atoms with van der Waals surface area (Å²) in [6.45, 7) is 2.68. The third-order valence-corrected chi connectivity index (χ3v) is 9.04. The maximum absolute atomic E-state index is 12.4. The number of rotatable bonds is 7. The van der Waals surface area contributed by atoms with E-state index in [0.29, 0.717) is 33.0 Å². The highest BCUT2D eigenvalue weighted by atomic mass is 35.5. The molecule has 280 valence electrons. The molecule has 54 heavy (non-hydrogen) atoms. The Morgan fingerprint density at radius 2 is 1.52 bits per heavy atom. The van der Waals surface area contributed by atoms with Gasteiger partial charge in [0.2, 0.25) is 11.8 Å². The largest absolute Gasteiger partial charge is 0.456 e. The van der Waals surface area contributed by atoms with Gasteiger partial charge < -0.3 is 15.4 Å². The molecule has 1 saturated heterocycles. The maximum atomic E-state index is 12.4. The number of hydrazine groups is 1. The summed E-state index contributed by atoms with van der Waals surface area (Å²) in [6, 6.07) is 20.1. The monoisotopic (exact) mass is 833 g/mol. The van der Waals surface area contributed by atoms with Crippen LogP contribution in [-0.2, 0) is 29.3 Å². The second-order valence-electron chi connectivity index (χ2n) is 11.3. The van der Waals surface area contributed by atoms with Crippen molar-refractivity contribution in [3.63, 3.8) is 0 Å². The summed E-state index contributed by atoms with van der Waals surface area (Å²) in [5.41, 5.74) is 4.20. The van der Waals surface area contributed by atoms with Crippen molar-refractivity contribution in [3.05, 3.63) is 99.0 Å². The molecular weight excluding hydrogens is 808 g/mol. The minimum Gasteiger partial charge on any atom is -0.456 e. The minimum absolute atomic E-state index is 0.00399. The van der Waals surface area contributed by atoms with E-state index in [1.165, 1.54) is 43.1 Å². The summed E-state index contributed by atoms with van der Waals surface area (Å²) in [5, 5.41) is 12.4. The molecule has 1 fully saturated rings. The first kappa shape index (κ1) is 40.0. The molecule has 6 rings (SSSR count). The number of nitrogens with zero attached hydrogens (tertiary/aromatic N) is 4. The number of nitrogens with one attached hydrogen (secondary N) is 3. The highest BCUT2D eigenvalue weighted by Gasteiger charge is 2.31. The van der Waals surface area contributed by atoms with Crippen LogP contribution in [0.5, 0.6) is 11.5 Å². The number of ether oxygens (including phenoxy) is 1. The van der Waals surface area contributed by atoms with E-state index >= 15 is 0 Å². The number of hydrazone groups is 1. The van der Waals surface area contributed by atoms with E-state index in [0.717, 1.165) is 11.1 Å². The Bertz CT molecular complexity index is 2320. The lowest BCUT2D eigenvalue weighted by Crippen LogP contribution is -2.36. The fourth-order valence-corrected chi connectivity index (χ4v) is 6.68. The highest BCUT2D eigenvalue weighted by Crippen LogP contribution is 2.38. The van der Waals surface area contributed by atoms with Crippen LogP contribution in [0.3, 0.4) is 0 Å². The topological polar surface area (TPSA) is 199 Å². The maximum Gasteiger partial charge on any atom is 0.298 e. The van der Waals surface area contributed by atoms with Gasteiger partial charge in [0.1, 0.15) is 33.8 Å². The van der Waals surface area contributed by atoms with Gasteiger partial charge in [-0.15, -0.1) is 0 Å². The number of amidine groups is 2. The third-order valence-electron chi connectivity index (χ3n) is 7.05. The van der Waals surface area contributed by atoms with Crippen LogP contribution in [0.4, 0.5) is 22.7 Å². The number of anilines is 3. The summed E-state index contributed by atoms with van der Waals surface area (Å²) in [7, 11) is -4.64. The first-order valence-electron chi connectivity index (χ1n) is 15.4. The van der Waals surface area contributed by atoms with Gasteiger partial charge in [0, 0.05) is 24.6 Å². The standard InChI is InChI=1S/C17H12Cl4N4O2.C17H15N3O6S/c1-8(26)22-10-2-3-11(19)14(6-10)23-15-7-16(27)25(24-15)17-12(20)4-9(18)5-13(17)21;1-11(21)18-16-10-17(22)20(19-16)12-7-8-14(15(9-12)27(23,24)25)26-13-5-3-2-4-6-13/h2-6H,7H2,1H3,(H,22,26)(H,23,24);2-9H,10H2,1H3,(H,18,19,21)(H,23,24,25). The molecule has 0 aromatic heterocycles. The third kappa shape index (κ3) is 10.0. The van der Waals surface area contributed by atoms with E-state index in [2.05, 4.69) is 26.2 Å². The van der Waals surface area contributed by atoms with Crippen LogP contribution >= 0.6 is 46.4 Å². The lowest BCUT2D eigenvalue weighted by molar-refractivity contribution is -0.118. The molecule has 4 N–H and O–H groups in total. The Morgan fingerprint density at radius 3 is 2.15 bits per heavy atom. The molecule has 0 aliphatic carbocycles. The van der Waals surface area contributed by atoms with E-state index < -0.39 is 20.9 Å². The van der Waals surface area contributed by atoms with Crippen molar-refractivity contribution in [2.24, 2.45) is 10.1 Å². The van der Waals surface area contributed by atoms with Crippen molar-refractivity contribution in [2.75, 3.05) is 15.3 Å². The quantitative estimate of drug-likeness (QED) is 0.140. The highest BCUT2D eigenvalue weighted by molar-refractivity contribution is 7.86. The zero-order valence-electron chi connectivity index (χ0n) is 27.9. The average Bonchev–Trinajstić information content (AvgIpc) is 3.62. The Kier molecular flexibility index (Phi) is 12.5. The molecule has 4 amide bonds. The Labute approximate surface area is 328 Å². The van der Waals surface area contributed by atoms with Crippen LogP contribution in [0.15, 0.2) is 93.9 Å². The van der Waals surface area contributed by atoms with E-state index in [1.807, 2.05) is 0 Å². The number of aliphatic imine (C=N–C) groups is 1. The van der Waals surface area contributed by atoms with Gasteiger partial charge in [-0.3, -0.25) is 29.2 Å². The molecule has 15 nitrogen and oxygen atoms in total. The molecule has 4 aromatic carbocycles. The van der Waals surface area contributed by atoms with Crippen molar-refractivity contribution in [2.45, 2.75) is 31.6 Å². The number of benzene rings is 4. The molecule has 0 radical (unpaired) electrons. The van der Waals surface area contributed by atoms with Crippen LogP contribution in [0.2, 0.25) is 20.1 Å². The van der Waals surface area contributed by atoms with Gasteiger partial charge in [0.25, 0.3) is 21.9 Å². The first-order chi connectivity index (χ1) is 25.5. The van der Waals surface area contributed by atoms with E-state index in [1.54, 1.807) is 48.5 Å². The smallest absolute Gasteiger partial charge is 0.298 e. The van der Waals surface area contributed by atoms with Gasteiger partial charge >= 0.3 is 0 Å². The Balaban J connectivity index is 0.000000208. The normalized spacial score (nSPS) is 14.6. The van der Waals surface area contributed by atoms with Crippen molar-refractivity contribution in [1.82, 2.24) is 10.7 Å². The summed E-state index contributed by atoms with van der Waals surface area (Å²) in [4.78, 5) is 50.7.